The van der Waals surface area contributed by atoms with Gasteiger partial charge in [0, 0.05) is 29.4 Å². The zero-order chi connectivity index (χ0) is 13.7. The smallest absolute Gasteiger partial charge is 0.166 e. The predicted molar refractivity (Wildman–Crippen MR) is 80.6 cm³/mol. The molecule has 0 spiro atoms. The number of nitrogens with zero attached hydrogens (tertiary/aromatic N) is 1. The van der Waals surface area contributed by atoms with Crippen LogP contribution in [0.1, 0.15) is 22.2 Å². The third-order valence-corrected chi connectivity index (χ3v) is 3.96. The molecule has 1 aromatic carbocycles. The first-order valence-electron chi connectivity index (χ1n) is 6.47. The number of carbonyl (C=O) groups is 1. The highest BCUT2D eigenvalue weighted by molar-refractivity contribution is 7.09. The second-order valence-corrected chi connectivity index (χ2v) is 5.94. The van der Waals surface area contributed by atoms with E-state index < -0.39 is 0 Å². The highest BCUT2D eigenvalue weighted by atomic mass is 32.1. The van der Waals surface area contributed by atoms with E-state index in [0.29, 0.717) is 0 Å². The van der Waals surface area contributed by atoms with E-state index in [2.05, 4.69) is 29.5 Å². The van der Waals surface area contributed by atoms with Crippen molar-refractivity contribution >= 4 is 17.1 Å². The second-order valence-electron chi connectivity index (χ2n) is 4.91. The molecule has 0 aliphatic carbocycles. The van der Waals surface area contributed by atoms with Gasteiger partial charge >= 0.3 is 0 Å². The Labute approximate surface area is 118 Å². The van der Waals surface area contributed by atoms with Gasteiger partial charge in [-0.2, -0.15) is 0 Å². The molecule has 0 saturated heterocycles. The molecule has 2 aromatic rings. The molecular weight excluding hydrogens is 254 g/mol. The van der Waals surface area contributed by atoms with E-state index in [-0.39, 0.29) is 11.7 Å². The van der Waals surface area contributed by atoms with Gasteiger partial charge in [-0.3, -0.25) is 4.79 Å². The number of carbonyl (C=O) groups excluding carboxylic acids is 1. The second kappa shape index (κ2) is 6.64. The molecule has 19 heavy (non-hydrogen) atoms. The van der Waals surface area contributed by atoms with Crippen molar-refractivity contribution in [3.8, 4) is 0 Å². The molecule has 2 nitrogen and oxygen atoms in total. The molecule has 3 heteroatoms. The molecule has 0 N–H and O–H groups in total. The molecule has 1 aromatic heterocycles. The van der Waals surface area contributed by atoms with Gasteiger partial charge in [0.05, 0.1) is 0 Å². The van der Waals surface area contributed by atoms with Crippen LogP contribution in [0, 0.1) is 5.92 Å². The average molecular weight is 273 g/mol. The zero-order valence-electron chi connectivity index (χ0n) is 11.4. The minimum absolute atomic E-state index is 0.0207. The molecule has 0 saturated carbocycles. The maximum absolute atomic E-state index is 12.3. The van der Waals surface area contributed by atoms with Crippen LogP contribution < -0.4 is 0 Å². The molecule has 0 aliphatic rings. The Hall–Kier alpha value is -1.45. The van der Waals surface area contributed by atoms with Gasteiger partial charge in [0.2, 0.25) is 0 Å². The fraction of sp³-hybridized carbons (Fsp3) is 0.312. The van der Waals surface area contributed by atoms with Crippen LogP contribution >= 0.6 is 11.3 Å². The van der Waals surface area contributed by atoms with Crippen LogP contribution in [0.4, 0.5) is 0 Å². The van der Waals surface area contributed by atoms with Gasteiger partial charge < -0.3 is 4.90 Å². The van der Waals surface area contributed by atoms with Gasteiger partial charge in [0.1, 0.15) is 0 Å². The first kappa shape index (κ1) is 14.0. The monoisotopic (exact) mass is 273 g/mol. The number of Topliss-reactive ketones (excluding diaryl/α,β-unsaturated/α-hetero) is 1. The van der Waals surface area contributed by atoms with Gasteiger partial charge in [0.25, 0.3) is 0 Å². The van der Waals surface area contributed by atoms with E-state index in [4.69, 9.17) is 0 Å². The van der Waals surface area contributed by atoms with Crippen LogP contribution in [0.15, 0.2) is 47.8 Å². The number of rotatable bonds is 6. The van der Waals surface area contributed by atoms with Crippen molar-refractivity contribution in [2.75, 3.05) is 13.6 Å². The van der Waals surface area contributed by atoms with Crippen LogP contribution in [0.2, 0.25) is 0 Å². The Balaban J connectivity index is 1.90. The quantitative estimate of drug-likeness (QED) is 0.748. The summed E-state index contributed by atoms with van der Waals surface area (Å²) in [5.74, 6) is 0.242. The standard InChI is InChI=1S/C16H19NOS/c1-13(16(18)14-7-4-3-5-8-14)11-17(2)12-15-9-6-10-19-15/h3-10,13H,11-12H2,1-2H3. The summed E-state index contributed by atoms with van der Waals surface area (Å²) in [5, 5.41) is 2.09. The van der Waals surface area contributed by atoms with Crippen LogP contribution in [0.25, 0.3) is 0 Å². The summed E-state index contributed by atoms with van der Waals surface area (Å²) in [4.78, 5) is 15.8. The highest BCUT2D eigenvalue weighted by Crippen LogP contribution is 2.14. The molecule has 1 atom stereocenters. The fourth-order valence-electron chi connectivity index (χ4n) is 2.17. The maximum atomic E-state index is 12.3. The third-order valence-electron chi connectivity index (χ3n) is 3.10. The van der Waals surface area contributed by atoms with E-state index in [0.717, 1.165) is 18.7 Å². The summed E-state index contributed by atoms with van der Waals surface area (Å²) in [7, 11) is 2.06. The first-order valence-corrected chi connectivity index (χ1v) is 7.35. The van der Waals surface area contributed by atoms with Crippen LogP contribution in [0.3, 0.4) is 0 Å². The van der Waals surface area contributed by atoms with Crippen LogP contribution in [-0.4, -0.2) is 24.3 Å². The molecule has 0 radical (unpaired) electrons. The Morgan fingerprint density at radius 1 is 1.21 bits per heavy atom. The lowest BCUT2D eigenvalue weighted by Gasteiger charge is -2.20. The molecule has 0 fully saturated rings. The predicted octanol–water partition coefficient (Wildman–Crippen LogP) is 3.70. The van der Waals surface area contributed by atoms with Crippen LogP contribution in [-0.2, 0) is 6.54 Å². The van der Waals surface area contributed by atoms with Crippen molar-refractivity contribution in [1.82, 2.24) is 4.90 Å². The number of hydrogen-bond donors (Lipinski definition) is 0. The average Bonchev–Trinajstić information content (AvgIpc) is 2.91. The van der Waals surface area contributed by atoms with E-state index in [9.17, 15) is 4.79 Å². The topological polar surface area (TPSA) is 20.3 Å². The SMILES string of the molecule is CC(CN(C)Cc1cccs1)C(=O)c1ccccc1. The third kappa shape index (κ3) is 4.01. The number of benzene rings is 1. The molecule has 0 bridgehead atoms. The molecule has 2 rings (SSSR count). The number of ketones is 1. The largest absolute Gasteiger partial charge is 0.301 e. The first-order chi connectivity index (χ1) is 9.16. The van der Waals surface area contributed by atoms with Crippen molar-refractivity contribution < 1.29 is 4.79 Å². The summed E-state index contributed by atoms with van der Waals surface area (Å²) < 4.78 is 0. The summed E-state index contributed by atoms with van der Waals surface area (Å²) >= 11 is 1.76. The number of hydrogen-bond acceptors (Lipinski definition) is 3. The lowest BCUT2D eigenvalue weighted by atomic mass is 9.99. The van der Waals surface area contributed by atoms with E-state index in [1.54, 1.807) is 11.3 Å². The Bertz CT molecular complexity index is 507. The van der Waals surface area contributed by atoms with Gasteiger partial charge in [-0.25, -0.2) is 0 Å². The van der Waals surface area contributed by atoms with Gasteiger partial charge in [-0.15, -0.1) is 11.3 Å². The van der Waals surface area contributed by atoms with Crippen molar-refractivity contribution in [2.45, 2.75) is 13.5 Å². The van der Waals surface area contributed by atoms with Crippen molar-refractivity contribution in [3.63, 3.8) is 0 Å². The minimum Gasteiger partial charge on any atom is -0.301 e. The normalized spacial score (nSPS) is 12.6. The van der Waals surface area contributed by atoms with Crippen LogP contribution in [0.5, 0.6) is 0 Å². The zero-order valence-corrected chi connectivity index (χ0v) is 12.2. The van der Waals surface area contributed by atoms with Crippen molar-refractivity contribution in [1.29, 1.82) is 0 Å². The molecule has 0 amide bonds. The summed E-state index contributed by atoms with van der Waals surface area (Å²) in [6, 6.07) is 13.7. The van der Waals surface area contributed by atoms with Gasteiger partial charge in [0.15, 0.2) is 5.78 Å². The Morgan fingerprint density at radius 2 is 1.95 bits per heavy atom. The van der Waals surface area contributed by atoms with Crippen molar-refractivity contribution in [2.24, 2.45) is 5.92 Å². The number of thiophene rings is 1. The highest BCUT2D eigenvalue weighted by Gasteiger charge is 2.16. The lowest BCUT2D eigenvalue weighted by molar-refractivity contribution is 0.0901. The van der Waals surface area contributed by atoms with Gasteiger partial charge in [-0.1, -0.05) is 43.3 Å². The van der Waals surface area contributed by atoms with Gasteiger partial charge in [-0.05, 0) is 18.5 Å². The molecule has 1 unspecified atom stereocenters. The summed E-state index contributed by atoms with van der Waals surface area (Å²) in [6.45, 7) is 3.69. The molecule has 100 valence electrons. The maximum Gasteiger partial charge on any atom is 0.166 e. The fourth-order valence-corrected chi connectivity index (χ4v) is 2.95. The summed E-state index contributed by atoms with van der Waals surface area (Å²) in [5.41, 5.74) is 0.805. The summed E-state index contributed by atoms with van der Waals surface area (Å²) in [6.07, 6.45) is 0. The van der Waals surface area contributed by atoms with E-state index in [1.165, 1.54) is 4.88 Å². The molecule has 1 heterocycles. The minimum atomic E-state index is 0.0207. The van der Waals surface area contributed by atoms with Crippen molar-refractivity contribution in [3.05, 3.63) is 58.3 Å². The molecular formula is C16H19NOS. The van der Waals surface area contributed by atoms with E-state index >= 15 is 0 Å². The van der Waals surface area contributed by atoms with E-state index in [1.807, 2.05) is 37.3 Å². The molecule has 0 aliphatic heterocycles. The Kier molecular flexibility index (Phi) is 4.88. The Morgan fingerprint density at radius 3 is 2.58 bits per heavy atom. The lowest BCUT2D eigenvalue weighted by Crippen LogP contribution is -2.28.